The smallest absolute Gasteiger partial charge is 0.227 e. The molecule has 0 aliphatic carbocycles. The van der Waals surface area contributed by atoms with Crippen molar-refractivity contribution in [3.8, 4) is 0 Å². The number of hydrogen-bond acceptors (Lipinski definition) is 3. The van der Waals surface area contributed by atoms with Crippen molar-refractivity contribution in [2.24, 2.45) is 11.1 Å². The summed E-state index contributed by atoms with van der Waals surface area (Å²) in [6, 6.07) is 1.64. The maximum Gasteiger partial charge on any atom is 0.227 e. The summed E-state index contributed by atoms with van der Waals surface area (Å²) in [5.41, 5.74) is -0.411. The molecular formula is C11H11F3N2O3S. The second-order valence-electron chi connectivity index (χ2n) is 4.60. The van der Waals surface area contributed by atoms with Crippen LogP contribution in [0.5, 0.6) is 0 Å². The number of nitrogens with two attached hydrogens (primary N) is 1. The van der Waals surface area contributed by atoms with Crippen LogP contribution in [0, 0.1) is 23.4 Å². The number of carbonyl (C=O) groups is 1. The van der Waals surface area contributed by atoms with Crippen molar-refractivity contribution in [1.29, 1.82) is 0 Å². The van der Waals surface area contributed by atoms with Crippen molar-refractivity contribution in [3.63, 3.8) is 0 Å². The zero-order valence-electron chi connectivity index (χ0n) is 10.1. The van der Waals surface area contributed by atoms with Crippen LogP contribution in [0.25, 0.3) is 0 Å². The first-order chi connectivity index (χ1) is 9.19. The van der Waals surface area contributed by atoms with Gasteiger partial charge in [-0.25, -0.2) is 26.7 Å². The highest BCUT2D eigenvalue weighted by Gasteiger charge is 2.34. The van der Waals surface area contributed by atoms with Gasteiger partial charge in [0.2, 0.25) is 15.9 Å². The van der Waals surface area contributed by atoms with Gasteiger partial charge in [0.15, 0.2) is 17.5 Å². The van der Waals surface area contributed by atoms with Crippen LogP contribution in [-0.4, -0.2) is 26.6 Å². The quantitative estimate of drug-likeness (QED) is 0.837. The van der Waals surface area contributed by atoms with Crippen LogP contribution >= 0.6 is 0 Å². The second-order valence-corrected chi connectivity index (χ2v) is 6.26. The van der Waals surface area contributed by atoms with E-state index in [9.17, 15) is 26.4 Å². The van der Waals surface area contributed by atoms with Crippen molar-refractivity contribution in [2.75, 3.05) is 17.2 Å². The number of amides is 1. The number of sulfonamides is 1. The van der Waals surface area contributed by atoms with Crippen LogP contribution in [0.15, 0.2) is 12.1 Å². The van der Waals surface area contributed by atoms with E-state index in [1.54, 1.807) is 0 Å². The van der Waals surface area contributed by atoms with Gasteiger partial charge in [0.05, 0.1) is 11.4 Å². The molecule has 1 unspecified atom stereocenters. The van der Waals surface area contributed by atoms with Gasteiger partial charge in [0.25, 0.3) is 0 Å². The lowest BCUT2D eigenvalue weighted by Gasteiger charge is -2.17. The summed E-state index contributed by atoms with van der Waals surface area (Å²) in [5.74, 6) is -6.12. The average Bonchev–Trinajstić information content (AvgIpc) is 2.65. The highest BCUT2D eigenvalue weighted by atomic mass is 32.2. The molecule has 1 aliphatic rings. The molecule has 0 saturated carbocycles. The predicted octanol–water partition coefficient (Wildman–Crippen LogP) is 0.745. The van der Waals surface area contributed by atoms with Gasteiger partial charge in [-0.2, -0.15) is 0 Å². The molecule has 0 spiro atoms. The predicted molar refractivity (Wildman–Crippen MR) is 64.8 cm³/mol. The number of halogens is 3. The molecule has 1 atom stereocenters. The molecule has 5 nitrogen and oxygen atoms in total. The molecule has 1 aliphatic heterocycles. The van der Waals surface area contributed by atoms with Crippen LogP contribution in [0.1, 0.15) is 6.42 Å². The fourth-order valence-corrected chi connectivity index (χ4v) is 3.06. The monoisotopic (exact) mass is 308 g/mol. The van der Waals surface area contributed by atoms with Crippen LogP contribution in [-0.2, 0) is 14.8 Å². The first kappa shape index (κ1) is 14.8. The van der Waals surface area contributed by atoms with Gasteiger partial charge in [0.1, 0.15) is 0 Å². The van der Waals surface area contributed by atoms with Crippen molar-refractivity contribution in [2.45, 2.75) is 6.42 Å². The Hall–Kier alpha value is -1.61. The zero-order valence-corrected chi connectivity index (χ0v) is 11.0. The van der Waals surface area contributed by atoms with E-state index in [-0.39, 0.29) is 13.0 Å². The topological polar surface area (TPSA) is 80.5 Å². The summed E-state index contributed by atoms with van der Waals surface area (Å²) in [6.45, 7) is -0.114. The highest BCUT2D eigenvalue weighted by Crippen LogP contribution is 2.29. The molecular weight excluding hydrogens is 297 g/mol. The largest absolute Gasteiger partial charge is 0.309 e. The summed E-state index contributed by atoms with van der Waals surface area (Å²) in [6.07, 6.45) is -0.144. The maximum atomic E-state index is 13.6. The first-order valence-corrected chi connectivity index (χ1v) is 7.35. The Morgan fingerprint density at radius 1 is 1.25 bits per heavy atom. The minimum absolute atomic E-state index is 0.114. The van der Waals surface area contributed by atoms with Crippen LogP contribution in [0.4, 0.5) is 18.9 Å². The number of benzene rings is 1. The Labute approximate surface area is 113 Å². The zero-order chi connectivity index (χ0) is 15.1. The number of anilines is 1. The van der Waals surface area contributed by atoms with E-state index in [2.05, 4.69) is 0 Å². The van der Waals surface area contributed by atoms with Gasteiger partial charge in [-0.1, -0.05) is 0 Å². The molecule has 1 amide bonds. The molecule has 110 valence electrons. The number of carbonyl (C=O) groups excluding carboxylic acids is 1. The van der Waals surface area contributed by atoms with Crippen LogP contribution in [0.2, 0.25) is 0 Å². The van der Waals surface area contributed by atoms with E-state index < -0.39 is 50.7 Å². The Balaban J connectivity index is 2.27. The third kappa shape index (κ3) is 2.93. The average molecular weight is 308 g/mol. The summed E-state index contributed by atoms with van der Waals surface area (Å²) < 4.78 is 61.5. The Kier molecular flexibility index (Phi) is 3.74. The number of nitrogens with zero attached hydrogens (tertiary/aromatic N) is 1. The fraction of sp³-hybridized carbons (Fsp3) is 0.364. The van der Waals surface area contributed by atoms with Gasteiger partial charge < -0.3 is 4.90 Å². The maximum absolute atomic E-state index is 13.6. The number of primary sulfonamides is 1. The van der Waals surface area contributed by atoms with Gasteiger partial charge >= 0.3 is 0 Å². The normalized spacial score (nSPS) is 19.7. The van der Waals surface area contributed by atoms with E-state index in [0.29, 0.717) is 6.07 Å². The van der Waals surface area contributed by atoms with E-state index in [1.165, 1.54) is 0 Å². The lowest BCUT2D eigenvalue weighted by atomic mass is 10.1. The minimum Gasteiger partial charge on any atom is -0.309 e. The number of hydrogen-bond donors (Lipinski definition) is 1. The molecule has 1 saturated heterocycles. The van der Waals surface area contributed by atoms with Gasteiger partial charge in [-0.15, -0.1) is 0 Å². The molecule has 2 N–H and O–H groups in total. The van der Waals surface area contributed by atoms with E-state index >= 15 is 0 Å². The SMILES string of the molecule is NS(=O)(=O)CC1CC(=O)N(c2ccc(F)c(F)c2F)C1. The molecule has 0 radical (unpaired) electrons. The van der Waals surface area contributed by atoms with Crippen LogP contribution in [0.3, 0.4) is 0 Å². The van der Waals surface area contributed by atoms with E-state index in [1.807, 2.05) is 0 Å². The van der Waals surface area contributed by atoms with Crippen molar-refractivity contribution < 1.29 is 26.4 Å². The third-order valence-electron chi connectivity index (χ3n) is 2.98. The molecule has 0 aromatic heterocycles. The molecule has 2 rings (SSSR count). The molecule has 0 bridgehead atoms. The summed E-state index contributed by atoms with van der Waals surface area (Å²) in [4.78, 5) is 12.6. The summed E-state index contributed by atoms with van der Waals surface area (Å²) in [7, 11) is -3.77. The highest BCUT2D eigenvalue weighted by molar-refractivity contribution is 7.89. The van der Waals surface area contributed by atoms with Crippen molar-refractivity contribution in [1.82, 2.24) is 0 Å². The molecule has 1 aromatic carbocycles. The standard InChI is InChI=1S/C11H11F3N2O3S/c12-7-1-2-8(11(14)10(7)13)16-4-6(3-9(16)17)5-20(15,18)19/h1-2,6H,3-5H2,(H2,15,18,19). The van der Waals surface area contributed by atoms with E-state index in [0.717, 1.165) is 11.0 Å². The number of rotatable bonds is 3. The lowest BCUT2D eigenvalue weighted by molar-refractivity contribution is -0.117. The van der Waals surface area contributed by atoms with Crippen molar-refractivity contribution >= 4 is 21.6 Å². The Morgan fingerprint density at radius 2 is 1.90 bits per heavy atom. The minimum atomic E-state index is -3.77. The Bertz CT molecular complexity index is 663. The fourth-order valence-electron chi connectivity index (χ4n) is 2.18. The molecule has 1 fully saturated rings. The second kappa shape index (κ2) is 5.06. The lowest BCUT2D eigenvalue weighted by Crippen LogP contribution is -2.28. The van der Waals surface area contributed by atoms with Gasteiger partial charge in [0, 0.05) is 18.9 Å². The summed E-state index contributed by atoms with van der Waals surface area (Å²) >= 11 is 0. The van der Waals surface area contributed by atoms with E-state index in [4.69, 9.17) is 5.14 Å². The molecule has 1 aromatic rings. The summed E-state index contributed by atoms with van der Waals surface area (Å²) in [5, 5.41) is 4.88. The van der Waals surface area contributed by atoms with Gasteiger partial charge in [-0.05, 0) is 12.1 Å². The molecule has 20 heavy (non-hydrogen) atoms. The van der Waals surface area contributed by atoms with Gasteiger partial charge in [-0.3, -0.25) is 4.79 Å². The Morgan fingerprint density at radius 3 is 2.50 bits per heavy atom. The molecule has 9 heteroatoms. The van der Waals surface area contributed by atoms with Crippen molar-refractivity contribution in [3.05, 3.63) is 29.6 Å². The van der Waals surface area contributed by atoms with Crippen LogP contribution < -0.4 is 10.0 Å². The third-order valence-corrected chi connectivity index (χ3v) is 3.91. The molecule has 1 heterocycles. The first-order valence-electron chi connectivity index (χ1n) is 5.63.